The van der Waals surface area contributed by atoms with Crippen molar-refractivity contribution < 1.29 is 18.3 Å². The van der Waals surface area contributed by atoms with Crippen molar-refractivity contribution in [2.75, 3.05) is 12.3 Å². The summed E-state index contributed by atoms with van der Waals surface area (Å²) in [6.45, 7) is 4.13. The van der Waals surface area contributed by atoms with Crippen LogP contribution in [-0.4, -0.2) is 36.4 Å². The number of nitrogen functional groups attached to an aromatic ring is 1. The number of carbonyl (C=O) groups is 1. The lowest BCUT2D eigenvalue weighted by atomic mass is 10.2. The Morgan fingerprint density at radius 1 is 1.43 bits per heavy atom. The smallest absolute Gasteiger partial charge is 0.335 e. The van der Waals surface area contributed by atoms with Crippen LogP contribution in [0.2, 0.25) is 0 Å². The summed E-state index contributed by atoms with van der Waals surface area (Å²) < 4.78 is 26.9. The van der Waals surface area contributed by atoms with Gasteiger partial charge in [0.15, 0.2) is 0 Å². The molecule has 0 unspecified atom stereocenters. The molecule has 1 fully saturated rings. The van der Waals surface area contributed by atoms with Crippen molar-refractivity contribution in [3.63, 3.8) is 0 Å². The second kappa shape index (κ2) is 5.65. The van der Waals surface area contributed by atoms with Crippen LogP contribution < -0.4 is 5.73 Å². The van der Waals surface area contributed by atoms with Crippen molar-refractivity contribution in [1.29, 1.82) is 0 Å². The lowest BCUT2D eigenvalue weighted by molar-refractivity contribution is 0.0697. The van der Waals surface area contributed by atoms with E-state index >= 15 is 0 Å². The minimum absolute atomic E-state index is 0.0234. The average Bonchev–Trinajstić information content (AvgIpc) is 3.18. The molecule has 7 heteroatoms. The van der Waals surface area contributed by atoms with Gasteiger partial charge in [0.2, 0.25) is 10.0 Å². The first kappa shape index (κ1) is 15.8. The number of nitrogens with two attached hydrogens (primary N) is 1. The predicted molar refractivity (Wildman–Crippen MR) is 79.6 cm³/mol. The number of carboxylic acid groups (broad SMARTS) is 1. The van der Waals surface area contributed by atoms with Gasteiger partial charge in [0.1, 0.15) is 4.90 Å². The Kier molecular flexibility index (Phi) is 4.25. The highest BCUT2D eigenvalue weighted by molar-refractivity contribution is 7.89. The van der Waals surface area contributed by atoms with Crippen LogP contribution in [-0.2, 0) is 10.0 Å². The summed E-state index contributed by atoms with van der Waals surface area (Å²) in [5.41, 5.74) is 5.71. The Bertz CT molecular complexity index is 651. The largest absolute Gasteiger partial charge is 0.478 e. The fourth-order valence-electron chi connectivity index (χ4n) is 2.18. The van der Waals surface area contributed by atoms with Gasteiger partial charge >= 0.3 is 5.97 Å². The Labute approximate surface area is 124 Å². The second-order valence-corrected chi connectivity index (χ2v) is 7.53. The number of carboxylic acids is 1. The normalized spacial score (nSPS) is 15.6. The molecular formula is C14H20N2O4S. The zero-order chi connectivity index (χ0) is 15.8. The number of rotatable bonds is 6. The van der Waals surface area contributed by atoms with E-state index in [4.69, 9.17) is 10.8 Å². The summed E-state index contributed by atoms with van der Waals surface area (Å²) in [6.07, 6.45) is 2.10. The fourth-order valence-corrected chi connectivity index (χ4v) is 4.00. The van der Waals surface area contributed by atoms with Gasteiger partial charge in [-0.3, -0.25) is 0 Å². The van der Waals surface area contributed by atoms with Gasteiger partial charge in [0.25, 0.3) is 0 Å². The van der Waals surface area contributed by atoms with E-state index in [0.717, 1.165) is 12.8 Å². The Morgan fingerprint density at radius 3 is 2.48 bits per heavy atom. The van der Waals surface area contributed by atoms with Crippen LogP contribution in [0.15, 0.2) is 23.1 Å². The summed E-state index contributed by atoms with van der Waals surface area (Å²) in [5, 5.41) is 8.91. The highest BCUT2D eigenvalue weighted by atomic mass is 32.2. The molecule has 0 bridgehead atoms. The van der Waals surface area contributed by atoms with Crippen molar-refractivity contribution in [3.05, 3.63) is 23.8 Å². The molecule has 1 aromatic carbocycles. The summed E-state index contributed by atoms with van der Waals surface area (Å²) in [7, 11) is -3.71. The number of benzene rings is 1. The highest BCUT2D eigenvalue weighted by Gasteiger charge is 2.34. The standard InChI is InChI=1S/C14H20N2O4S/c1-9(2)16(8-10-3-4-10)21(19,20)13-6-5-11(14(17)18)7-12(13)15/h5-7,9-10H,3-4,8,15H2,1-2H3,(H,17,18). The summed E-state index contributed by atoms with van der Waals surface area (Å²) in [4.78, 5) is 10.9. The number of hydrogen-bond acceptors (Lipinski definition) is 4. The van der Waals surface area contributed by atoms with E-state index in [1.54, 1.807) is 0 Å². The van der Waals surface area contributed by atoms with Crippen molar-refractivity contribution >= 4 is 21.7 Å². The van der Waals surface area contributed by atoms with Crippen LogP contribution in [0.1, 0.15) is 37.0 Å². The van der Waals surface area contributed by atoms with Gasteiger partial charge in [0, 0.05) is 12.6 Å². The van der Waals surface area contributed by atoms with E-state index in [1.807, 2.05) is 13.8 Å². The summed E-state index contributed by atoms with van der Waals surface area (Å²) in [5.74, 6) is -0.717. The van der Waals surface area contributed by atoms with E-state index in [0.29, 0.717) is 12.5 Å². The lowest BCUT2D eigenvalue weighted by Gasteiger charge is -2.26. The second-order valence-electron chi connectivity index (χ2n) is 5.67. The molecule has 0 heterocycles. The Balaban J connectivity index is 2.39. The van der Waals surface area contributed by atoms with E-state index < -0.39 is 16.0 Å². The Morgan fingerprint density at radius 2 is 2.05 bits per heavy atom. The van der Waals surface area contributed by atoms with Crippen LogP contribution in [0, 0.1) is 5.92 Å². The quantitative estimate of drug-likeness (QED) is 0.780. The topological polar surface area (TPSA) is 101 Å². The first-order valence-electron chi connectivity index (χ1n) is 6.88. The first-order chi connectivity index (χ1) is 9.73. The van der Waals surface area contributed by atoms with Crippen molar-refractivity contribution in [2.45, 2.75) is 37.6 Å². The summed E-state index contributed by atoms with van der Waals surface area (Å²) >= 11 is 0. The molecule has 1 aromatic rings. The van der Waals surface area contributed by atoms with Crippen LogP contribution in [0.25, 0.3) is 0 Å². The molecule has 0 spiro atoms. The molecule has 116 valence electrons. The van der Waals surface area contributed by atoms with E-state index in [1.165, 1.54) is 22.5 Å². The first-order valence-corrected chi connectivity index (χ1v) is 8.32. The van der Waals surface area contributed by atoms with E-state index in [-0.39, 0.29) is 22.2 Å². The van der Waals surface area contributed by atoms with E-state index in [9.17, 15) is 13.2 Å². The molecule has 0 atom stereocenters. The molecule has 21 heavy (non-hydrogen) atoms. The molecule has 1 aliphatic rings. The van der Waals surface area contributed by atoms with E-state index in [2.05, 4.69) is 0 Å². The van der Waals surface area contributed by atoms with Gasteiger partial charge in [0.05, 0.1) is 11.3 Å². The number of hydrogen-bond donors (Lipinski definition) is 2. The minimum Gasteiger partial charge on any atom is -0.478 e. The molecule has 3 N–H and O–H groups in total. The molecule has 0 amide bonds. The number of sulfonamides is 1. The monoisotopic (exact) mass is 312 g/mol. The van der Waals surface area contributed by atoms with Gasteiger partial charge in [-0.1, -0.05) is 0 Å². The minimum atomic E-state index is -3.71. The maximum Gasteiger partial charge on any atom is 0.335 e. The van der Waals surface area contributed by atoms with Crippen molar-refractivity contribution in [1.82, 2.24) is 4.31 Å². The van der Waals surface area contributed by atoms with Crippen molar-refractivity contribution in [2.24, 2.45) is 5.92 Å². The third-order valence-electron chi connectivity index (χ3n) is 3.55. The SMILES string of the molecule is CC(C)N(CC1CC1)S(=O)(=O)c1ccc(C(=O)O)cc1N. The van der Waals surface area contributed by atoms with Gasteiger partial charge < -0.3 is 10.8 Å². The molecule has 0 aromatic heterocycles. The molecule has 0 saturated heterocycles. The van der Waals surface area contributed by atoms with Gasteiger partial charge in [-0.2, -0.15) is 4.31 Å². The predicted octanol–water partition coefficient (Wildman–Crippen LogP) is 1.78. The molecule has 0 radical (unpaired) electrons. The molecular weight excluding hydrogens is 292 g/mol. The number of nitrogens with zero attached hydrogens (tertiary/aromatic N) is 1. The fraction of sp³-hybridized carbons (Fsp3) is 0.500. The molecule has 1 aliphatic carbocycles. The van der Waals surface area contributed by atoms with Crippen LogP contribution >= 0.6 is 0 Å². The zero-order valence-electron chi connectivity index (χ0n) is 12.1. The number of anilines is 1. The van der Waals surface area contributed by atoms with Gasteiger partial charge in [-0.25, -0.2) is 13.2 Å². The Hall–Kier alpha value is -1.60. The lowest BCUT2D eigenvalue weighted by Crippen LogP contribution is -2.38. The summed E-state index contributed by atoms with van der Waals surface area (Å²) in [6, 6.07) is 3.55. The van der Waals surface area contributed by atoms with Gasteiger partial charge in [-0.05, 0) is 50.8 Å². The van der Waals surface area contributed by atoms with Crippen LogP contribution in [0.4, 0.5) is 5.69 Å². The van der Waals surface area contributed by atoms with Crippen molar-refractivity contribution in [3.8, 4) is 0 Å². The zero-order valence-corrected chi connectivity index (χ0v) is 12.9. The molecule has 2 rings (SSSR count). The highest BCUT2D eigenvalue weighted by Crippen LogP contribution is 2.33. The molecule has 6 nitrogen and oxygen atoms in total. The molecule has 1 saturated carbocycles. The van der Waals surface area contributed by atoms with Crippen LogP contribution in [0.5, 0.6) is 0 Å². The molecule has 0 aliphatic heterocycles. The maximum absolute atomic E-state index is 12.7. The number of aromatic carboxylic acids is 1. The van der Waals surface area contributed by atoms with Gasteiger partial charge in [-0.15, -0.1) is 0 Å². The maximum atomic E-state index is 12.7. The third kappa shape index (κ3) is 3.36. The van der Waals surface area contributed by atoms with Crippen LogP contribution in [0.3, 0.4) is 0 Å². The average molecular weight is 312 g/mol. The third-order valence-corrected chi connectivity index (χ3v) is 5.67.